The van der Waals surface area contributed by atoms with Crippen molar-refractivity contribution in [2.75, 3.05) is 13.2 Å². The van der Waals surface area contributed by atoms with E-state index in [0.717, 1.165) is 0 Å². The van der Waals surface area contributed by atoms with Gasteiger partial charge in [0.2, 0.25) is 0 Å². The number of allylic oxidation sites excluding steroid dienone is 1. The van der Waals surface area contributed by atoms with Crippen molar-refractivity contribution in [3.8, 4) is 5.75 Å². The Morgan fingerprint density at radius 1 is 1.31 bits per heavy atom. The predicted molar refractivity (Wildman–Crippen MR) is 103 cm³/mol. The van der Waals surface area contributed by atoms with E-state index in [1.807, 2.05) is 20.8 Å². The highest BCUT2D eigenvalue weighted by atomic mass is 16.5. The first-order valence-electron chi connectivity index (χ1n) is 9.08. The van der Waals surface area contributed by atoms with Gasteiger partial charge in [0.15, 0.2) is 0 Å². The fourth-order valence-electron chi connectivity index (χ4n) is 2.87. The van der Waals surface area contributed by atoms with Crippen LogP contribution in [0, 0.1) is 0 Å². The number of ether oxygens (including phenoxy) is 1. The zero-order valence-electron chi connectivity index (χ0n) is 16.5. The van der Waals surface area contributed by atoms with Gasteiger partial charge in [-0.25, -0.2) is 0 Å². The second-order valence-corrected chi connectivity index (χ2v) is 7.66. The number of aliphatic hydroxyl groups is 1. The first kappa shape index (κ1) is 22.3. The van der Waals surface area contributed by atoms with Crippen molar-refractivity contribution in [2.45, 2.75) is 38.0 Å². The molecule has 156 valence electrons. The highest BCUT2D eigenvalue weighted by Crippen LogP contribution is 2.42. The number of carbonyl (C=O) groups excluding carboxylic acids is 2. The number of rotatable bonds is 9. The molecular formula is C21H24N2O6-2. The fraction of sp³-hybridized carbons (Fsp3) is 0.381. The fourth-order valence-corrected chi connectivity index (χ4v) is 2.87. The van der Waals surface area contributed by atoms with Gasteiger partial charge in [0, 0.05) is 29.4 Å². The van der Waals surface area contributed by atoms with E-state index >= 15 is 0 Å². The summed E-state index contributed by atoms with van der Waals surface area (Å²) in [5.41, 5.74) is -2.10. The number of benzene rings is 1. The first-order chi connectivity index (χ1) is 13.5. The van der Waals surface area contributed by atoms with Crippen molar-refractivity contribution in [1.29, 1.82) is 0 Å². The molecule has 1 aliphatic rings. The number of aliphatic carboxylic acids is 2. The molecule has 0 amide bonds. The van der Waals surface area contributed by atoms with Gasteiger partial charge in [-0.2, -0.15) is 0 Å². The summed E-state index contributed by atoms with van der Waals surface area (Å²) in [7, 11) is 0. The van der Waals surface area contributed by atoms with Gasteiger partial charge < -0.3 is 35.0 Å². The molecule has 2 atom stereocenters. The third-order valence-electron chi connectivity index (χ3n) is 4.19. The maximum Gasteiger partial charge on any atom is 0.134 e. The van der Waals surface area contributed by atoms with E-state index in [-0.39, 0.29) is 17.9 Å². The number of carbonyl (C=O) groups is 2. The summed E-state index contributed by atoms with van der Waals surface area (Å²) in [6.07, 6.45) is 3.95. The van der Waals surface area contributed by atoms with E-state index in [1.54, 1.807) is 24.3 Å². The second kappa shape index (κ2) is 9.02. The van der Waals surface area contributed by atoms with Crippen LogP contribution in [0.5, 0.6) is 5.75 Å². The molecule has 0 aromatic heterocycles. The summed E-state index contributed by atoms with van der Waals surface area (Å²) in [5, 5.41) is 36.1. The van der Waals surface area contributed by atoms with Crippen molar-refractivity contribution in [3.63, 3.8) is 0 Å². The molecule has 0 saturated heterocycles. The van der Waals surface area contributed by atoms with E-state index in [1.165, 1.54) is 18.4 Å². The Morgan fingerprint density at radius 2 is 2.00 bits per heavy atom. The van der Waals surface area contributed by atoms with Gasteiger partial charge in [0.1, 0.15) is 24.0 Å². The van der Waals surface area contributed by atoms with Crippen molar-refractivity contribution < 1.29 is 29.6 Å². The number of aliphatic hydroxyl groups excluding tert-OH is 1. The van der Waals surface area contributed by atoms with Gasteiger partial charge in [0.25, 0.3) is 0 Å². The standard InChI is InChI=1S/C21H26N2O6/c1-20(2,3)23-12-14(24)13-29-17-8-5-4-7-15(17)21(9-6-10-22-21)16(19(27)28)11-18(25)26/h4-11,14,23-24H,12-13H2,1-3H3,(H,25,26)(H,27,28)/p-2. The largest absolute Gasteiger partial charge is 0.545 e. The van der Waals surface area contributed by atoms with E-state index in [4.69, 9.17) is 4.74 Å². The topological polar surface area (TPSA) is 134 Å². The van der Waals surface area contributed by atoms with Crippen LogP contribution in [-0.4, -0.2) is 48.1 Å². The highest BCUT2D eigenvalue weighted by Gasteiger charge is 2.38. The molecule has 1 aromatic carbocycles. The first-order valence-corrected chi connectivity index (χ1v) is 9.08. The minimum Gasteiger partial charge on any atom is -0.545 e. The Balaban J connectivity index is 2.34. The molecule has 0 aliphatic carbocycles. The van der Waals surface area contributed by atoms with E-state index in [2.05, 4.69) is 10.3 Å². The zero-order chi connectivity index (χ0) is 21.7. The molecule has 2 unspecified atom stereocenters. The Bertz CT molecular complexity index is 839. The summed E-state index contributed by atoms with van der Waals surface area (Å²) in [6.45, 7) is 6.14. The minimum absolute atomic E-state index is 0.0611. The maximum atomic E-state index is 11.7. The molecule has 0 spiro atoms. The molecule has 0 radical (unpaired) electrons. The van der Waals surface area contributed by atoms with Crippen LogP contribution in [0.3, 0.4) is 0 Å². The Labute approximate surface area is 169 Å². The third-order valence-corrected chi connectivity index (χ3v) is 4.19. The van der Waals surface area contributed by atoms with E-state index in [9.17, 15) is 24.9 Å². The average molecular weight is 400 g/mol. The van der Waals surface area contributed by atoms with Gasteiger partial charge in [-0.05, 0) is 45.1 Å². The van der Waals surface area contributed by atoms with Gasteiger partial charge in [-0.15, -0.1) is 0 Å². The SMILES string of the molecule is CC(C)(C)NCC(O)COc1ccccc1C1(C(=CC(=O)[O-])C(=O)[O-])C=CC=N1. The number of para-hydroxylation sites is 1. The van der Waals surface area contributed by atoms with Crippen LogP contribution in [0.1, 0.15) is 26.3 Å². The van der Waals surface area contributed by atoms with Crippen LogP contribution in [0.2, 0.25) is 0 Å². The summed E-state index contributed by atoms with van der Waals surface area (Å²) >= 11 is 0. The molecule has 8 nitrogen and oxygen atoms in total. The summed E-state index contributed by atoms with van der Waals surface area (Å²) < 4.78 is 5.74. The average Bonchev–Trinajstić information content (AvgIpc) is 3.12. The lowest BCUT2D eigenvalue weighted by atomic mass is 9.82. The number of aliphatic imine (C=N–C) groups is 1. The molecular weight excluding hydrogens is 376 g/mol. The van der Waals surface area contributed by atoms with Crippen molar-refractivity contribution in [2.24, 2.45) is 4.99 Å². The molecule has 0 bridgehead atoms. The Kier molecular flexibility index (Phi) is 6.94. The van der Waals surface area contributed by atoms with Gasteiger partial charge in [0.05, 0.1) is 11.9 Å². The van der Waals surface area contributed by atoms with E-state index < -0.39 is 29.2 Å². The molecule has 0 fully saturated rings. The molecule has 1 aliphatic heterocycles. The van der Waals surface area contributed by atoms with Crippen molar-refractivity contribution >= 4 is 18.2 Å². The molecule has 2 rings (SSSR count). The number of carboxylic acids is 2. The number of β-amino-alcohol motifs (C(OH)–C–C–N with tert-alkyl or cyclic N) is 1. The lowest BCUT2D eigenvalue weighted by molar-refractivity contribution is -0.303. The monoisotopic (exact) mass is 400 g/mol. The molecule has 0 saturated carbocycles. The lowest BCUT2D eigenvalue weighted by Gasteiger charge is -2.31. The molecule has 29 heavy (non-hydrogen) atoms. The quantitative estimate of drug-likeness (QED) is 0.512. The maximum absolute atomic E-state index is 11.7. The molecule has 2 N–H and O–H groups in total. The van der Waals surface area contributed by atoms with Crippen LogP contribution in [0.4, 0.5) is 0 Å². The Morgan fingerprint density at radius 3 is 2.55 bits per heavy atom. The smallest absolute Gasteiger partial charge is 0.134 e. The third kappa shape index (κ3) is 5.75. The van der Waals surface area contributed by atoms with Gasteiger partial charge in [-0.3, -0.25) is 4.99 Å². The number of hydrogen-bond acceptors (Lipinski definition) is 8. The van der Waals surface area contributed by atoms with Crippen LogP contribution in [0.15, 0.2) is 53.1 Å². The summed E-state index contributed by atoms with van der Waals surface area (Å²) in [6, 6.07) is 6.49. The number of carboxylic acid groups (broad SMARTS) is 2. The van der Waals surface area contributed by atoms with Crippen LogP contribution >= 0.6 is 0 Å². The number of nitrogens with one attached hydrogen (secondary N) is 1. The lowest BCUT2D eigenvalue weighted by Crippen LogP contribution is -2.42. The van der Waals surface area contributed by atoms with Crippen LogP contribution < -0.4 is 20.3 Å². The number of hydrogen-bond donors (Lipinski definition) is 2. The Hall–Kier alpha value is -2.97. The molecule has 1 heterocycles. The van der Waals surface area contributed by atoms with Crippen molar-refractivity contribution in [1.82, 2.24) is 5.32 Å². The number of nitrogens with zero attached hydrogens (tertiary/aromatic N) is 1. The molecule has 8 heteroatoms. The summed E-state index contributed by atoms with van der Waals surface area (Å²) in [5.74, 6) is -3.11. The summed E-state index contributed by atoms with van der Waals surface area (Å²) in [4.78, 5) is 27.0. The zero-order valence-corrected chi connectivity index (χ0v) is 16.5. The minimum atomic E-state index is -1.69. The predicted octanol–water partition coefficient (Wildman–Crippen LogP) is -0.923. The second-order valence-electron chi connectivity index (χ2n) is 7.66. The van der Waals surface area contributed by atoms with Gasteiger partial charge >= 0.3 is 0 Å². The van der Waals surface area contributed by atoms with Crippen LogP contribution in [0.25, 0.3) is 0 Å². The highest BCUT2D eigenvalue weighted by molar-refractivity contribution is 5.97. The van der Waals surface area contributed by atoms with Gasteiger partial charge in [-0.1, -0.05) is 18.2 Å². The normalized spacial score (nSPS) is 19.9. The van der Waals surface area contributed by atoms with E-state index in [0.29, 0.717) is 18.2 Å². The molecule has 1 aromatic rings. The van der Waals surface area contributed by atoms with Crippen LogP contribution in [-0.2, 0) is 15.1 Å². The van der Waals surface area contributed by atoms with Crippen molar-refractivity contribution in [3.05, 3.63) is 53.6 Å².